The molecule has 0 amide bonds. The van der Waals surface area contributed by atoms with E-state index in [9.17, 15) is 0 Å². The van der Waals surface area contributed by atoms with Gasteiger partial charge in [0.2, 0.25) is 0 Å². The third-order valence-electron chi connectivity index (χ3n) is 4.49. The first-order chi connectivity index (χ1) is 9.74. The van der Waals surface area contributed by atoms with Crippen molar-refractivity contribution in [2.75, 3.05) is 18.0 Å². The number of pyridine rings is 1. The van der Waals surface area contributed by atoms with Crippen molar-refractivity contribution in [3.05, 3.63) is 36.2 Å². The number of rotatable bonds is 3. The number of allylic oxidation sites excluding steroid dienone is 1. The van der Waals surface area contributed by atoms with Gasteiger partial charge in [0.25, 0.3) is 0 Å². The molecular formula is C17H24ClN3. The fourth-order valence-electron chi connectivity index (χ4n) is 3.27. The predicted molar refractivity (Wildman–Crippen MR) is 92.7 cm³/mol. The molecule has 2 aromatic rings. The van der Waals surface area contributed by atoms with Crippen LogP contribution in [0, 0.1) is 13.8 Å². The molecule has 0 saturated carbocycles. The van der Waals surface area contributed by atoms with Gasteiger partial charge in [0.05, 0.1) is 5.52 Å². The van der Waals surface area contributed by atoms with Crippen molar-refractivity contribution >= 4 is 29.1 Å². The quantitative estimate of drug-likeness (QED) is 0.790. The molecule has 3 nitrogen and oxygen atoms in total. The lowest BCUT2D eigenvalue weighted by atomic mass is 10.1. The zero-order chi connectivity index (χ0) is 14.1. The zero-order valence-electron chi connectivity index (χ0n) is 12.9. The third kappa shape index (κ3) is 2.67. The maximum Gasteiger partial charge on any atom is 0.153 e. The highest BCUT2D eigenvalue weighted by Gasteiger charge is 2.19. The van der Waals surface area contributed by atoms with Crippen LogP contribution in [-0.2, 0) is 6.54 Å². The molecule has 0 radical (unpaired) electrons. The highest BCUT2D eigenvalue weighted by atomic mass is 35.5. The monoisotopic (exact) mass is 305 g/mol. The van der Waals surface area contributed by atoms with Crippen LogP contribution in [0.4, 0.5) is 5.82 Å². The van der Waals surface area contributed by atoms with Crippen molar-refractivity contribution < 1.29 is 0 Å². The van der Waals surface area contributed by atoms with Crippen LogP contribution in [0.25, 0.3) is 10.9 Å². The van der Waals surface area contributed by atoms with Gasteiger partial charge < -0.3 is 9.47 Å². The highest BCUT2D eigenvalue weighted by molar-refractivity contribution is 5.93. The van der Waals surface area contributed by atoms with E-state index >= 15 is 0 Å². The van der Waals surface area contributed by atoms with Crippen LogP contribution in [0.5, 0.6) is 0 Å². The fraction of sp³-hybridized carbons (Fsp3) is 0.471. The number of hydrogen-bond donors (Lipinski definition) is 0. The molecule has 4 heteroatoms. The maximum absolute atomic E-state index is 4.70. The Morgan fingerprint density at radius 1 is 1.24 bits per heavy atom. The predicted octanol–water partition coefficient (Wildman–Crippen LogP) is 4.25. The Kier molecular flexibility index (Phi) is 4.94. The largest absolute Gasteiger partial charge is 0.355 e. The van der Waals surface area contributed by atoms with Gasteiger partial charge in [0.1, 0.15) is 0 Å². The molecule has 2 aromatic heterocycles. The summed E-state index contributed by atoms with van der Waals surface area (Å²) in [4.78, 5) is 7.15. The van der Waals surface area contributed by atoms with E-state index in [1.54, 1.807) is 0 Å². The van der Waals surface area contributed by atoms with Crippen LogP contribution in [-0.4, -0.2) is 22.6 Å². The van der Waals surface area contributed by atoms with E-state index in [0.29, 0.717) is 0 Å². The molecular weight excluding hydrogens is 282 g/mol. The summed E-state index contributed by atoms with van der Waals surface area (Å²) in [5.74, 6) is 1.15. The minimum Gasteiger partial charge on any atom is -0.355 e. The molecule has 1 aliphatic rings. The Morgan fingerprint density at radius 2 is 1.95 bits per heavy atom. The van der Waals surface area contributed by atoms with E-state index in [4.69, 9.17) is 4.98 Å². The third-order valence-corrected chi connectivity index (χ3v) is 4.49. The van der Waals surface area contributed by atoms with Gasteiger partial charge in [0, 0.05) is 36.9 Å². The van der Waals surface area contributed by atoms with Crippen molar-refractivity contribution in [1.29, 1.82) is 0 Å². The number of fused-ring (bicyclic) bond motifs is 1. The van der Waals surface area contributed by atoms with E-state index < -0.39 is 0 Å². The molecule has 21 heavy (non-hydrogen) atoms. The summed E-state index contributed by atoms with van der Waals surface area (Å²) in [6.07, 6.45) is 7.82. The van der Waals surface area contributed by atoms with E-state index in [0.717, 1.165) is 25.5 Å². The molecule has 0 spiro atoms. The van der Waals surface area contributed by atoms with E-state index in [-0.39, 0.29) is 12.4 Å². The van der Waals surface area contributed by atoms with Gasteiger partial charge in [-0.1, -0.05) is 6.08 Å². The molecule has 114 valence electrons. The number of hydrogen-bond acceptors (Lipinski definition) is 2. The normalized spacial score (nSPS) is 15.0. The molecule has 3 heterocycles. The Hall–Kier alpha value is -1.48. The van der Waals surface area contributed by atoms with Crippen LogP contribution in [0.15, 0.2) is 24.9 Å². The summed E-state index contributed by atoms with van der Waals surface area (Å²) in [5.41, 5.74) is 3.97. The van der Waals surface area contributed by atoms with Gasteiger partial charge in [-0.15, -0.1) is 19.0 Å². The molecule has 1 aliphatic heterocycles. The van der Waals surface area contributed by atoms with E-state index in [1.165, 1.54) is 41.4 Å². The maximum atomic E-state index is 4.70. The van der Waals surface area contributed by atoms with Gasteiger partial charge in [-0.25, -0.2) is 4.98 Å². The average Bonchev–Trinajstić information content (AvgIpc) is 2.74. The molecule has 0 N–H and O–H groups in total. The zero-order valence-corrected chi connectivity index (χ0v) is 13.7. The summed E-state index contributed by atoms with van der Waals surface area (Å²) in [5, 5.41) is 1.33. The van der Waals surface area contributed by atoms with Crippen LogP contribution >= 0.6 is 12.4 Å². The number of piperidine rings is 1. The van der Waals surface area contributed by atoms with Crippen LogP contribution in [0.1, 0.15) is 30.5 Å². The van der Waals surface area contributed by atoms with Crippen molar-refractivity contribution in [2.24, 2.45) is 0 Å². The molecule has 0 aliphatic carbocycles. The minimum atomic E-state index is 0. The summed E-state index contributed by atoms with van der Waals surface area (Å²) in [6.45, 7) is 11.4. The first-order valence-electron chi connectivity index (χ1n) is 7.54. The molecule has 1 saturated heterocycles. The lowest BCUT2D eigenvalue weighted by Gasteiger charge is -2.28. The van der Waals surface area contributed by atoms with Crippen molar-refractivity contribution in [3.8, 4) is 0 Å². The Balaban J connectivity index is 0.00000161. The van der Waals surface area contributed by atoms with Gasteiger partial charge in [-0.05, 0) is 44.7 Å². The van der Waals surface area contributed by atoms with Gasteiger partial charge in [-0.3, -0.25) is 0 Å². The number of halogens is 1. The molecule has 0 aromatic carbocycles. The Bertz CT molecular complexity index is 639. The minimum absolute atomic E-state index is 0. The Morgan fingerprint density at radius 3 is 2.62 bits per heavy atom. The second-order valence-electron chi connectivity index (χ2n) is 5.69. The summed E-state index contributed by atoms with van der Waals surface area (Å²) in [7, 11) is 0. The van der Waals surface area contributed by atoms with Crippen LogP contribution in [0.3, 0.4) is 0 Å². The van der Waals surface area contributed by atoms with Crippen molar-refractivity contribution in [1.82, 2.24) is 9.55 Å². The lowest BCUT2D eigenvalue weighted by Crippen LogP contribution is -2.30. The standard InChI is InChI=1S/C17H23N3.ClH/c1-4-10-20-14(3)13(2)15-8-9-18-17(16(15)20)19-11-6-5-7-12-19;/h4,8-9H,1,5-7,10-12H2,2-3H3;1H. The number of aromatic nitrogens is 2. The lowest BCUT2D eigenvalue weighted by molar-refractivity contribution is 0.574. The van der Waals surface area contributed by atoms with Gasteiger partial charge in [-0.2, -0.15) is 0 Å². The summed E-state index contributed by atoms with van der Waals surface area (Å²) in [6, 6.07) is 2.14. The van der Waals surface area contributed by atoms with Crippen LogP contribution in [0.2, 0.25) is 0 Å². The molecule has 3 rings (SSSR count). The molecule has 1 fully saturated rings. The van der Waals surface area contributed by atoms with Crippen molar-refractivity contribution in [3.63, 3.8) is 0 Å². The first kappa shape index (κ1) is 15.9. The molecule has 0 unspecified atom stereocenters. The highest BCUT2D eigenvalue weighted by Crippen LogP contribution is 2.32. The summed E-state index contributed by atoms with van der Waals surface area (Å²) < 4.78 is 2.36. The molecule has 0 bridgehead atoms. The second kappa shape index (κ2) is 6.52. The van der Waals surface area contributed by atoms with E-state index in [1.807, 2.05) is 12.3 Å². The molecule has 0 atom stereocenters. The Labute approximate surface area is 133 Å². The van der Waals surface area contributed by atoms with Gasteiger partial charge in [0.15, 0.2) is 5.82 Å². The summed E-state index contributed by atoms with van der Waals surface area (Å²) >= 11 is 0. The van der Waals surface area contributed by atoms with Gasteiger partial charge >= 0.3 is 0 Å². The average molecular weight is 306 g/mol. The van der Waals surface area contributed by atoms with Crippen LogP contribution < -0.4 is 4.90 Å². The second-order valence-corrected chi connectivity index (χ2v) is 5.69. The number of anilines is 1. The fourth-order valence-corrected chi connectivity index (χ4v) is 3.27. The topological polar surface area (TPSA) is 21.1 Å². The number of aryl methyl sites for hydroxylation is 1. The number of nitrogens with zero attached hydrogens (tertiary/aromatic N) is 3. The van der Waals surface area contributed by atoms with E-state index in [2.05, 4.69) is 36.0 Å². The SMILES string of the molecule is C=CCn1c(C)c(C)c2ccnc(N3CCCCC3)c21.Cl. The first-order valence-corrected chi connectivity index (χ1v) is 7.54. The van der Waals surface area contributed by atoms with Crippen molar-refractivity contribution in [2.45, 2.75) is 39.7 Å². The smallest absolute Gasteiger partial charge is 0.153 e.